The summed E-state index contributed by atoms with van der Waals surface area (Å²) in [5.74, 6) is 0.610. The van der Waals surface area contributed by atoms with Crippen molar-refractivity contribution in [3.8, 4) is 0 Å². The minimum atomic E-state index is -3.82. The van der Waals surface area contributed by atoms with Crippen LogP contribution < -0.4 is 0 Å². The molecule has 0 aromatic heterocycles. The van der Waals surface area contributed by atoms with Gasteiger partial charge in [0.2, 0.25) is 0 Å². The van der Waals surface area contributed by atoms with Gasteiger partial charge in [-0.2, -0.15) is 0 Å². The Bertz CT molecular complexity index is 1060. The Balaban J connectivity index is 2.12. The number of rotatable bonds is 15. The van der Waals surface area contributed by atoms with Gasteiger partial charge in [0.05, 0.1) is 0 Å². The number of benzene rings is 3. The topological polar surface area (TPSA) is 26.3 Å². The molecule has 0 radical (unpaired) electrons. The van der Waals surface area contributed by atoms with E-state index in [1.807, 2.05) is 0 Å². The van der Waals surface area contributed by atoms with Crippen LogP contribution in [0.2, 0.25) is 13.3 Å². The molecule has 0 amide bonds. The third-order valence-corrected chi connectivity index (χ3v) is 24.2. The van der Waals surface area contributed by atoms with Crippen molar-refractivity contribution in [2.24, 2.45) is 5.92 Å². The summed E-state index contributed by atoms with van der Waals surface area (Å²) < 4.78 is 9.98. The number of hydrogen-bond acceptors (Lipinski definition) is 2. The molecule has 3 rings (SSSR count). The molecule has 2 nitrogen and oxygen atoms in total. The third-order valence-electron chi connectivity index (χ3n) is 9.20. The maximum atomic E-state index is 13.9. The van der Waals surface area contributed by atoms with E-state index in [1.54, 1.807) is 0 Å². The fourth-order valence-corrected chi connectivity index (χ4v) is 25.9. The van der Waals surface area contributed by atoms with Gasteiger partial charge in [-0.3, -0.25) is 0 Å². The molecule has 3 aromatic rings. The van der Waals surface area contributed by atoms with Crippen molar-refractivity contribution >= 4 is 24.8 Å². The van der Waals surface area contributed by atoms with Crippen molar-refractivity contribution in [2.45, 2.75) is 111 Å². The van der Waals surface area contributed by atoms with Gasteiger partial charge in [0.1, 0.15) is 0 Å². The molecule has 0 N–H and O–H groups in total. The zero-order valence-electron chi connectivity index (χ0n) is 27.0. The van der Waals surface area contributed by atoms with Crippen LogP contribution in [0.5, 0.6) is 0 Å². The molecule has 222 valence electrons. The fraction of sp³-hybridized carbons (Fsp3) is 0.500. The molecule has 3 heteroatoms. The van der Waals surface area contributed by atoms with E-state index in [0.29, 0.717) is 12.3 Å². The van der Waals surface area contributed by atoms with E-state index in [4.69, 9.17) is 3.07 Å². The standard InChI is InChI=1S/3C10H13.C8H16O2.Sn/c3*1-10(2,3)9-7-5-4-6-8-9;1-3-7(4-2)5-6-8(9)10;/h3*4-8H,1H2,2-3H3;7H,3-6H2,1-2H3,(H,9,10);/q;;;;+1/p-1. The molecular formula is C38H54O2Sn. The van der Waals surface area contributed by atoms with Crippen LogP contribution in [0, 0.1) is 5.92 Å². The molecule has 0 aliphatic heterocycles. The van der Waals surface area contributed by atoms with E-state index < -0.39 is 18.8 Å². The van der Waals surface area contributed by atoms with E-state index in [-0.39, 0.29) is 22.2 Å². The van der Waals surface area contributed by atoms with Gasteiger partial charge in [0.25, 0.3) is 0 Å². The Labute approximate surface area is 255 Å². The van der Waals surface area contributed by atoms with Crippen LogP contribution in [0.4, 0.5) is 0 Å². The predicted octanol–water partition coefficient (Wildman–Crippen LogP) is 10.6. The summed E-state index contributed by atoms with van der Waals surface area (Å²) in [7, 11) is 0. The molecule has 0 bridgehead atoms. The van der Waals surface area contributed by atoms with Crippen molar-refractivity contribution in [1.29, 1.82) is 0 Å². The number of carbonyl (C=O) groups excluding carboxylic acids is 1. The molecule has 0 saturated carbocycles. The van der Waals surface area contributed by atoms with E-state index in [9.17, 15) is 4.79 Å². The Kier molecular flexibility index (Phi) is 11.7. The third kappa shape index (κ3) is 9.46. The maximum absolute atomic E-state index is 13.9. The van der Waals surface area contributed by atoms with Crippen LogP contribution in [0.3, 0.4) is 0 Å². The molecule has 0 aliphatic rings. The molecule has 3 aromatic carbocycles. The molecule has 0 heterocycles. The summed E-state index contributed by atoms with van der Waals surface area (Å²) in [5, 5.41) is 0. The number of carbonyl (C=O) groups is 1. The second kappa shape index (κ2) is 14.4. The zero-order valence-corrected chi connectivity index (χ0v) is 29.9. The first-order chi connectivity index (χ1) is 19.3. The summed E-state index contributed by atoms with van der Waals surface area (Å²) >= 11 is -3.82. The van der Waals surface area contributed by atoms with Gasteiger partial charge in [0.15, 0.2) is 0 Å². The second-order valence-electron chi connectivity index (χ2n) is 14.2. The first-order valence-corrected chi connectivity index (χ1v) is 22.9. The van der Waals surface area contributed by atoms with Gasteiger partial charge < -0.3 is 0 Å². The van der Waals surface area contributed by atoms with Crippen molar-refractivity contribution in [3.63, 3.8) is 0 Å². The van der Waals surface area contributed by atoms with E-state index in [1.165, 1.54) is 16.7 Å². The van der Waals surface area contributed by atoms with Crippen molar-refractivity contribution < 1.29 is 7.87 Å². The van der Waals surface area contributed by atoms with Crippen molar-refractivity contribution in [2.75, 3.05) is 0 Å². The summed E-state index contributed by atoms with van der Waals surface area (Å²) in [6.45, 7) is 18.6. The Morgan fingerprint density at radius 2 is 0.927 bits per heavy atom. The van der Waals surface area contributed by atoms with Gasteiger partial charge in [-0.15, -0.1) is 0 Å². The van der Waals surface area contributed by atoms with Gasteiger partial charge in [-0.1, -0.05) is 0 Å². The van der Waals surface area contributed by atoms with E-state index in [0.717, 1.165) is 32.6 Å². The SMILES string of the molecule is CCC(CC)CCC(=O)[O][Sn]([CH2]C(C)(C)c1ccccc1)([CH2]C(C)(C)c1ccccc1)[CH2]C(C)(C)c1ccccc1. The average molecular weight is 662 g/mol. The molecule has 0 saturated heterocycles. The monoisotopic (exact) mass is 662 g/mol. The molecule has 0 fully saturated rings. The zero-order chi connectivity index (χ0) is 30.2. The average Bonchev–Trinajstić information content (AvgIpc) is 2.94. The van der Waals surface area contributed by atoms with Crippen LogP contribution in [-0.2, 0) is 24.1 Å². The Morgan fingerprint density at radius 1 is 0.610 bits per heavy atom. The predicted molar refractivity (Wildman–Crippen MR) is 178 cm³/mol. The first-order valence-electron chi connectivity index (χ1n) is 15.7. The minimum absolute atomic E-state index is 0.0317. The molecule has 0 spiro atoms. The van der Waals surface area contributed by atoms with E-state index in [2.05, 4.69) is 146 Å². The first kappa shape index (κ1) is 33.4. The van der Waals surface area contributed by atoms with Crippen LogP contribution in [0.1, 0.15) is 97.8 Å². The second-order valence-corrected chi connectivity index (χ2v) is 24.5. The molecular weight excluding hydrogens is 607 g/mol. The van der Waals surface area contributed by atoms with Gasteiger partial charge in [-0.05, 0) is 0 Å². The van der Waals surface area contributed by atoms with Crippen LogP contribution in [0.15, 0.2) is 91.0 Å². The quantitative estimate of drug-likeness (QED) is 0.152. The molecule has 0 aliphatic carbocycles. The van der Waals surface area contributed by atoms with Crippen LogP contribution in [0.25, 0.3) is 0 Å². The van der Waals surface area contributed by atoms with E-state index >= 15 is 0 Å². The van der Waals surface area contributed by atoms with Crippen LogP contribution in [-0.4, -0.2) is 24.8 Å². The number of hydrogen-bond donors (Lipinski definition) is 0. The molecule has 0 atom stereocenters. The van der Waals surface area contributed by atoms with Crippen molar-refractivity contribution in [1.82, 2.24) is 0 Å². The Morgan fingerprint density at radius 3 is 1.22 bits per heavy atom. The summed E-state index contributed by atoms with van der Waals surface area (Å²) in [5.41, 5.74) is 3.66. The summed E-state index contributed by atoms with van der Waals surface area (Å²) in [4.78, 5) is 13.9. The van der Waals surface area contributed by atoms with Gasteiger partial charge in [-0.25, -0.2) is 0 Å². The van der Waals surface area contributed by atoms with Crippen molar-refractivity contribution in [3.05, 3.63) is 108 Å². The summed E-state index contributed by atoms with van der Waals surface area (Å²) in [6.07, 6.45) is 3.66. The summed E-state index contributed by atoms with van der Waals surface area (Å²) in [6, 6.07) is 32.6. The van der Waals surface area contributed by atoms with Crippen LogP contribution >= 0.6 is 0 Å². The van der Waals surface area contributed by atoms with Gasteiger partial charge >= 0.3 is 257 Å². The fourth-order valence-electron chi connectivity index (χ4n) is 7.00. The molecule has 41 heavy (non-hydrogen) atoms. The van der Waals surface area contributed by atoms with Gasteiger partial charge in [0, 0.05) is 0 Å². The normalized spacial score (nSPS) is 12.9. The Hall–Kier alpha value is -2.07. The molecule has 0 unspecified atom stereocenters.